The van der Waals surface area contributed by atoms with E-state index in [1.807, 2.05) is 28.9 Å². The van der Waals surface area contributed by atoms with E-state index in [2.05, 4.69) is 4.98 Å². The average molecular weight is 578 g/mol. The van der Waals surface area contributed by atoms with E-state index in [1.165, 1.54) is 6.20 Å². The normalized spacial score (nSPS) is 22.9. The maximum Gasteiger partial charge on any atom is 0.272 e. The minimum Gasteiger partial charge on any atom is -0.342 e. The molecule has 2 aromatic rings. The molecule has 3 aliphatic rings. The highest BCUT2D eigenvalue weighted by molar-refractivity contribution is 6.42. The summed E-state index contributed by atoms with van der Waals surface area (Å²) in [5, 5.41) is 1.34. The molecule has 3 amide bonds. The van der Waals surface area contributed by atoms with Crippen LogP contribution in [0.5, 0.6) is 0 Å². The van der Waals surface area contributed by atoms with Crippen molar-refractivity contribution in [1.82, 2.24) is 19.7 Å². The van der Waals surface area contributed by atoms with Crippen LogP contribution in [0.1, 0.15) is 54.6 Å². The molecule has 3 heterocycles. The zero-order valence-electron chi connectivity index (χ0n) is 21.5. The summed E-state index contributed by atoms with van der Waals surface area (Å²) in [6.45, 7) is 4.11. The summed E-state index contributed by atoms with van der Waals surface area (Å²) in [6, 6.07) is 8.42. The Kier molecular flexibility index (Phi) is 7.64. The Morgan fingerprint density at radius 3 is 2.29 bits per heavy atom. The Labute approximate surface area is 238 Å². The summed E-state index contributed by atoms with van der Waals surface area (Å²) in [7, 11) is 1.74. The van der Waals surface area contributed by atoms with Gasteiger partial charge in [-0.25, -0.2) is 4.98 Å². The van der Waals surface area contributed by atoms with Crippen LogP contribution in [0.2, 0.25) is 15.1 Å². The number of hydrogen-bond acceptors (Lipinski definition) is 4. The van der Waals surface area contributed by atoms with Gasteiger partial charge >= 0.3 is 0 Å². The van der Waals surface area contributed by atoms with Gasteiger partial charge in [0, 0.05) is 56.7 Å². The maximum absolute atomic E-state index is 13.7. The number of rotatable bonds is 5. The first-order valence-electron chi connectivity index (χ1n) is 13.0. The van der Waals surface area contributed by atoms with Gasteiger partial charge in [-0.15, -0.1) is 0 Å². The summed E-state index contributed by atoms with van der Waals surface area (Å²) < 4.78 is 0. The lowest BCUT2D eigenvalue weighted by atomic mass is 9.93. The monoisotopic (exact) mass is 576 g/mol. The third kappa shape index (κ3) is 5.38. The molecule has 38 heavy (non-hydrogen) atoms. The standard InChI is InChI=1S/C28H31Cl3N4O3/c1-28(9-10-28)27(38)34-11-7-17(8-12-34)25(36)35-15-20(18-3-5-21(30)22(31)13-18)24(16-35)33(2)26(37)23-6-4-19(29)14-32-23/h3-6,13-14,17,20,24H,7-12,15-16H2,1-2H3/t20-,24+/m0/s1. The fraction of sp³-hybridized carbons (Fsp3) is 0.500. The Balaban J connectivity index is 1.33. The third-order valence-corrected chi connectivity index (χ3v) is 9.35. The van der Waals surface area contributed by atoms with E-state index in [0.717, 1.165) is 18.4 Å². The zero-order valence-corrected chi connectivity index (χ0v) is 23.8. The van der Waals surface area contributed by atoms with Crippen molar-refractivity contribution >= 4 is 52.5 Å². The van der Waals surface area contributed by atoms with Gasteiger partial charge in [-0.05, 0) is 55.5 Å². The average Bonchev–Trinajstić information content (AvgIpc) is 3.52. The zero-order chi connectivity index (χ0) is 27.2. The number of aromatic nitrogens is 1. The molecule has 0 unspecified atom stereocenters. The molecule has 1 aromatic carbocycles. The molecule has 1 aliphatic carbocycles. The molecule has 5 rings (SSSR count). The number of likely N-dealkylation sites (tertiary alicyclic amines) is 2. The molecular formula is C28H31Cl3N4O3. The van der Waals surface area contributed by atoms with Crippen LogP contribution < -0.4 is 0 Å². The molecule has 2 atom stereocenters. The topological polar surface area (TPSA) is 73.8 Å². The highest BCUT2D eigenvalue weighted by Gasteiger charge is 2.48. The van der Waals surface area contributed by atoms with Crippen molar-refractivity contribution in [1.29, 1.82) is 0 Å². The van der Waals surface area contributed by atoms with Gasteiger partial charge in [0.15, 0.2) is 0 Å². The summed E-state index contributed by atoms with van der Waals surface area (Å²) in [6.07, 6.45) is 4.66. The summed E-state index contributed by atoms with van der Waals surface area (Å²) in [5.74, 6) is -0.232. The van der Waals surface area contributed by atoms with Gasteiger partial charge in [0.25, 0.3) is 5.91 Å². The number of carbonyl (C=O) groups excluding carboxylic acids is 3. The number of piperidine rings is 1. The molecule has 1 aromatic heterocycles. The van der Waals surface area contributed by atoms with Gasteiger partial charge in [0.2, 0.25) is 11.8 Å². The van der Waals surface area contributed by atoms with Crippen molar-refractivity contribution in [3.63, 3.8) is 0 Å². The van der Waals surface area contributed by atoms with Crippen LogP contribution in [0.25, 0.3) is 0 Å². The highest BCUT2D eigenvalue weighted by atomic mass is 35.5. The van der Waals surface area contributed by atoms with Crippen molar-refractivity contribution in [2.75, 3.05) is 33.2 Å². The molecule has 0 radical (unpaired) electrons. The van der Waals surface area contributed by atoms with E-state index in [0.29, 0.717) is 54.1 Å². The fourth-order valence-corrected chi connectivity index (χ4v) is 6.05. The number of carbonyl (C=O) groups is 3. The SMILES string of the molecule is CN(C(=O)c1ccc(Cl)cn1)[C@@H]1CN(C(=O)C2CCN(C(=O)C3(C)CC3)CC2)C[C@H]1c1ccc(Cl)c(Cl)c1. The molecule has 2 aliphatic heterocycles. The van der Waals surface area contributed by atoms with Crippen LogP contribution in [0.15, 0.2) is 36.5 Å². The molecule has 0 bridgehead atoms. The predicted molar refractivity (Wildman–Crippen MR) is 148 cm³/mol. The van der Waals surface area contributed by atoms with E-state index in [4.69, 9.17) is 34.8 Å². The van der Waals surface area contributed by atoms with Gasteiger partial charge < -0.3 is 14.7 Å². The highest BCUT2D eigenvalue weighted by Crippen LogP contribution is 2.47. The molecular weight excluding hydrogens is 547 g/mol. The smallest absolute Gasteiger partial charge is 0.272 e. The first kappa shape index (κ1) is 27.2. The molecule has 1 saturated carbocycles. The van der Waals surface area contributed by atoms with Crippen LogP contribution in [0.3, 0.4) is 0 Å². The van der Waals surface area contributed by atoms with E-state index in [-0.39, 0.29) is 46.7 Å². The Hall–Kier alpha value is -2.35. The molecule has 3 fully saturated rings. The van der Waals surface area contributed by atoms with Gasteiger partial charge in [-0.1, -0.05) is 47.8 Å². The van der Waals surface area contributed by atoms with Gasteiger partial charge in [-0.3, -0.25) is 14.4 Å². The Morgan fingerprint density at radius 2 is 1.68 bits per heavy atom. The quantitative estimate of drug-likeness (QED) is 0.493. The van der Waals surface area contributed by atoms with Gasteiger partial charge in [0.1, 0.15) is 5.69 Å². The molecule has 7 nitrogen and oxygen atoms in total. The van der Waals surface area contributed by atoms with E-state index in [1.54, 1.807) is 30.1 Å². The minimum atomic E-state index is -0.280. The van der Waals surface area contributed by atoms with Crippen LogP contribution in [0.4, 0.5) is 0 Å². The van der Waals surface area contributed by atoms with E-state index < -0.39 is 0 Å². The van der Waals surface area contributed by atoms with Crippen LogP contribution in [-0.4, -0.2) is 76.7 Å². The van der Waals surface area contributed by atoms with Crippen LogP contribution in [0, 0.1) is 11.3 Å². The number of amides is 3. The molecule has 2 saturated heterocycles. The second kappa shape index (κ2) is 10.7. The van der Waals surface area contributed by atoms with Gasteiger partial charge in [-0.2, -0.15) is 0 Å². The number of hydrogen-bond donors (Lipinski definition) is 0. The number of halogens is 3. The fourth-order valence-electron chi connectivity index (χ4n) is 5.63. The Bertz CT molecular complexity index is 1240. The first-order valence-corrected chi connectivity index (χ1v) is 14.1. The lowest BCUT2D eigenvalue weighted by Crippen LogP contribution is -2.46. The molecule has 10 heteroatoms. The lowest BCUT2D eigenvalue weighted by molar-refractivity contribution is -0.142. The molecule has 0 spiro atoms. The maximum atomic E-state index is 13.7. The predicted octanol–water partition coefficient (Wildman–Crippen LogP) is 5.15. The number of nitrogens with zero attached hydrogens (tertiary/aromatic N) is 4. The number of benzene rings is 1. The first-order chi connectivity index (χ1) is 18.1. The van der Waals surface area contributed by atoms with Crippen molar-refractivity contribution in [2.45, 2.75) is 44.6 Å². The van der Waals surface area contributed by atoms with Crippen LogP contribution >= 0.6 is 34.8 Å². The number of likely N-dealkylation sites (N-methyl/N-ethyl adjacent to an activating group) is 1. The van der Waals surface area contributed by atoms with Crippen molar-refractivity contribution < 1.29 is 14.4 Å². The minimum absolute atomic E-state index is 0.0766. The van der Waals surface area contributed by atoms with Gasteiger partial charge in [0.05, 0.1) is 21.1 Å². The molecule has 0 N–H and O–H groups in total. The van der Waals surface area contributed by atoms with Crippen molar-refractivity contribution in [3.05, 3.63) is 62.9 Å². The van der Waals surface area contributed by atoms with E-state index in [9.17, 15) is 14.4 Å². The lowest BCUT2D eigenvalue weighted by Gasteiger charge is -2.34. The Morgan fingerprint density at radius 1 is 0.974 bits per heavy atom. The van der Waals surface area contributed by atoms with Crippen molar-refractivity contribution in [2.24, 2.45) is 11.3 Å². The number of pyridine rings is 1. The summed E-state index contributed by atoms with van der Waals surface area (Å²) >= 11 is 18.5. The van der Waals surface area contributed by atoms with E-state index >= 15 is 0 Å². The second-order valence-electron chi connectivity index (χ2n) is 11.0. The second-order valence-corrected chi connectivity index (χ2v) is 12.2. The van der Waals surface area contributed by atoms with Crippen molar-refractivity contribution in [3.8, 4) is 0 Å². The third-order valence-electron chi connectivity index (χ3n) is 8.38. The molecule has 202 valence electrons. The largest absolute Gasteiger partial charge is 0.342 e. The summed E-state index contributed by atoms with van der Waals surface area (Å²) in [5.41, 5.74) is 1.01. The summed E-state index contributed by atoms with van der Waals surface area (Å²) in [4.78, 5) is 49.4. The van der Waals surface area contributed by atoms with Crippen LogP contribution in [-0.2, 0) is 9.59 Å².